The standard InChI is InChI=1S/C23H19ClF2N4O3/c1-4-28-20(11-31)27-30(23(28)33)19-9-13-14(8-18(19)26)22(32)29(10-15(13)12(2)3)21-16(24)6-5-7-17(21)25/h5-10,31H,2,4,11H2,1,3H3. The van der Waals surface area contributed by atoms with Crippen molar-refractivity contribution in [1.29, 1.82) is 0 Å². The molecular weight excluding hydrogens is 454 g/mol. The van der Waals surface area contributed by atoms with Crippen molar-refractivity contribution in [3.8, 4) is 11.4 Å². The Bertz CT molecular complexity index is 1530. The van der Waals surface area contributed by atoms with Gasteiger partial charge >= 0.3 is 5.69 Å². The molecule has 0 atom stereocenters. The molecule has 1 N–H and O–H groups in total. The van der Waals surface area contributed by atoms with Crippen LogP contribution in [0.2, 0.25) is 5.02 Å². The lowest BCUT2D eigenvalue weighted by molar-refractivity contribution is 0.264. The first kappa shape index (κ1) is 22.6. The van der Waals surface area contributed by atoms with Crippen LogP contribution in [0.25, 0.3) is 27.7 Å². The van der Waals surface area contributed by atoms with E-state index in [9.17, 15) is 19.1 Å². The fourth-order valence-electron chi connectivity index (χ4n) is 3.76. The monoisotopic (exact) mass is 472 g/mol. The van der Waals surface area contributed by atoms with Crippen LogP contribution in [0.15, 0.2) is 52.7 Å². The minimum atomic E-state index is -0.892. The van der Waals surface area contributed by atoms with E-state index in [2.05, 4.69) is 11.7 Å². The van der Waals surface area contributed by atoms with Crippen LogP contribution in [0.3, 0.4) is 0 Å². The number of aliphatic hydroxyl groups excluding tert-OH is 1. The second kappa shape index (κ2) is 8.42. The minimum absolute atomic E-state index is 0.00870. The van der Waals surface area contributed by atoms with Crippen LogP contribution in [-0.2, 0) is 13.2 Å². The van der Waals surface area contributed by atoms with Crippen molar-refractivity contribution in [2.45, 2.75) is 27.0 Å². The van der Waals surface area contributed by atoms with Crippen LogP contribution in [0.4, 0.5) is 8.78 Å². The van der Waals surface area contributed by atoms with Gasteiger partial charge in [-0.3, -0.25) is 13.9 Å². The number of halogens is 3. The molecular formula is C23H19ClF2N4O3. The number of aromatic nitrogens is 4. The minimum Gasteiger partial charge on any atom is -0.388 e. The number of hydrogen-bond acceptors (Lipinski definition) is 4. The molecule has 2 aromatic carbocycles. The third kappa shape index (κ3) is 3.59. The van der Waals surface area contributed by atoms with Gasteiger partial charge in [-0.05, 0) is 49.1 Å². The molecule has 0 aliphatic rings. The highest BCUT2D eigenvalue weighted by Gasteiger charge is 2.21. The molecule has 0 spiro atoms. The van der Waals surface area contributed by atoms with Crippen molar-refractivity contribution in [1.82, 2.24) is 18.9 Å². The van der Waals surface area contributed by atoms with Crippen molar-refractivity contribution < 1.29 is 13.9 Å². The van der Waals surface area contributed by atoms with E-state index < -0.39 is 29.5 Å². The fraction of sp³-hybridized carbons (Fsp3) is 0.174. The van der Waals surface area contributed by atoms with Gasteiger partial charge in [0.25, 0.3) is 5.56 Å². The molecule has 0 unspecified atom stereocenters. The second-order valence-electron chi connectivity index (χ2n) is 7.43. The zero-order valence-electron chi connectivity index (χ0n) is 17.8. The number of rotatable bonds is 5. The predicted octanol–water partition coefficient (Wildman–Crippen LogP) is 3.82. The maximum atomic E-state index is 15.2. The fourth-order valence-corrected chi connectivity index (χ4v) is 4.02. The Kier molecular flexibility index (Phi) is 5.77. The third-order valence-corrected chi connectivity index (χ3v) is 5.65. The summed E-state index contributed by atoms with van der Waals surface area (Å²) in [5.74, 6) is -1.54. The van der Waals surface area contributed by atoms with E-state index in [-0.39, 0.29) is 34.2 Å². The lowest BCUT2D eigenvalue weighted by atomic mass is 10.0. The third-order valence-electron chi connectivity index (χ3n) is 5.35. The van der Waals surface area contributed by atoms with Crippen LogP contribution in [0.1, 0.15) is 25.2 Å². The number of pyridine rings is 1. The van der Waals surface area contributed by atoms with Gasteiger partial charge < -0.3 is 5.11 Å². The van der Waals surface area contributed by atoms with Crippen LogP contribution < -0.4 is 11.2 Å². The zero-order chi connectivity index (χ0) is 24.0. The summed E-state index contributed by atoms with van der Waals surface area (Å²) in [6.07, 6.45) is 1.38. The average molecular weight is 473 g/mol. The van der Waals surface area contributed by atoms with Crippen LogP contribution in [0.5, 0.6) is 0 Å². The van der Waals surface area contributed by atoms with Crippen molar-refractivity contribution in [2.75, 3.05) is 0 Å². The van der Waals surface area contributed by atoms with Gasteiger partial charge in [-0.15, -0.1) is 5.10 Å². The highest BCUT2D eigenvalue weighted by molar-refractivity contribution is 6.32. The van der Waals surface area contributed by atoms with E-state index in [1.807, 2.05) is 0 Å². The summed E-state index contributed by atoms with van der Waals surface area (Å²) >= 11 is 6.15. The number of aliphatic hydroxyl groups is 1. The Morgan fingerprint density at radius 3 is 2.48 bits per heavy atom. The topological polar surface area (TPSA) is 82.0 Å². The molecule has 10 heteroatoms. The number of allylic oxidation sites excluding steroid dienone is 1. The molecule has 2 heterocycles. The molecule has 0 saturated carbocycles. The second-order valence-corrected chi connectivity index (χ2v) is 7.84. The highest BCUT2D eigenvalue weighted by Crippen LogP contribution is 2.29. The van der Waals surface area contributed by atoms with E-state index in [1.54, 1.807) is 13.8 Å². The molecule has 0 saturated heterocycles. The van der Waals surface area contributed by atoms with Gasteiger partial charge in [-0.2, -0.15) is 4.68 Å². The largest absolute Gasteiger partial charge is 0.388 e. The molecule has 170 valence electrons. The number of hydrogen-bond donors (Lipinski definition) is 1. The maximum Gasteiger partial charge on any atom is 0.350 e. The number of fused-ring (bicyclic) bond motifs is 1. The Hall–Kier alpha value is -3.56. The van der Waals surface area contributed by atoms with Gasteiger partial charge in [-0.1, -0.05) is 24.2 Å². The molecule has 4 rings (SSSR count). The number of benzene rings is 2. The molecule has 0 radical (unpaired) electrons. The average Bonchev–Trinajstić information content (AvgIpc) is 3.10. The van der Waals surface area contributed by atoms with Gasteiger partial charge in [0.1, 0.15) is 29.6 Å². The van der Waals surface area contributed by atoms with E-state index >= 15 is 4.39 Å². The van der Waals surface area contributed by atoms with Crippen molar-refractivity contribution in [2.24, 2.45) is 0 Å². The summed E-state index contributed by atoms with van der Waals surface area (Å²) in [4.78, 5) is 26.0. The van der Waals surface area contributed by atoms with Gasteiger partial charge in [-0.25, -0.2) is 13.6 Å². The summed E-state index contributed by atoms with van der Waals surface area (Å²) < 4.78 is 32.8. The SMILES string of the molecule is C=C(C)c1cn(-c2c(F)cccc2Cl)c(=O)c2cc(F)c(-n3nc(CO)n(CC)c3=O)cc12. The number of nitrogens with zero attached hydrogens (tertiary/aromatic N) is 4. The summed E-state index contributed by atoms with van der Waals surface area (Å²) in [5, 5.41) is 13.8. The summed E-state index contributed by atoms with van der Waals surface area (Å²) in [7, 11) is 0. The first-order valence-electron chi connectivity index (χ1n) is 9.98. The predicted molar refractivity (Wildman–Crippen MR) is 122 cm³/mol. The Morgan fingerprint density at radius 2 is 1.91 bits per heavy atom. The first-order chi connectivity index (χ1) is 15.7. The highest BCUT2D eigenvalue weighted by atomic mass is 35.5. The molecule has 7 nitrogen and oxygen atoms in total. The molecule has 4 aromatic rings. The Labute approximate surface area is 191 Å². The van der Waals surface area contributed by atoms with Gasteiger partial charge in [0, 0.05) is 18.3 Å². The summed E-state index contributed by atoms with van der Waals surface area (Å²) in [6, 6.07) is 6.31. The molecule has 0 aliphatic carbocycles. The van der Waals surface area contributed by atoms with Crippen molar-refractivity contribution >= 4 is 27.9 Å². The Morgan fingerprint density at radius 1 is 1.18 bits per heavy atom. The van der Waals surface area contributed by atoms with Crippen LogP contribution in [-0.4, -0.2) is 24.0 Å². The first-order valence-corrected chi connectivity index (χ1v) is 10.4. The maximum absolute atomic E-state index is 15.2. The quantitative estimate of drug-likeness (QED) is 0.479. The molecule has 0 amide bonds. The Balaban J connectivity index is 2.09. The van der Waals surface area contributed by atoms with Crippen molar-refractivity contribution in [3.63, 3.8) is 0 Å². The van der Waals surface area contributed by atoms with E-state index in [4.69, 9.17) is 11.6 Å². The molecule has 33 heavy (non-hydrogen) atoms. The lowest BCUT2D eigenvalue weighted by Crippen LogP contribution is -2.25. The molecule has 0 aliphatic heterocycles. The zero-order valence-corrected chi connectivity index (χ0v) is 18.5. The van der Waals surface area contributed by atoms with Crippen molar-refractivity contribution in [3.05, 3.63) is 92.0 Å². The summed E-state index contributed by atoms with van der Waals surface area (Å²) in [5.41, 5.74) is -0.753. The van der Waals surface area contributed by atoms with E-state index in [1.165, 1.54) is 29.0 Å². The van der Waals surface area contributed by atoms with Gasteiger partial charge in [0.05, 0.1) is 10.4 Å². The molecule has 2 aromatic heterocycles. The van der Waals surface area contributed by atoms with Crippen LogP contribution >= 0.6 is 11.6 Å². The van der Waals surface area contributed by atoms with E-state index in [0.717, 1.165) is 21.4 Å². The van der Waals surface area contributed by atoms with Crippen LogP contribution in [0, 0.1) is 11.6 Å². The van der Waals surface area contributed by atoms with Gasteiger partial charge in [0.15, 0.2) is 5.82 Å². The van der Waals surface area contributed by atoms with Gasteiger partial charge in [0.2, 0.25) is 0 Å². The normalized spacial score (nSPS) is 11.3. The smallest absolute Gasteiger partial charge is 0.350 e. The van der Waals surface area contributed by atoms with E-state index in [0.29, 0.717) is 16.5 Å². The number of para-hydroxylation sites is 1. The molecule has 0 fully saturated rings. The lowest BCUT2D eigenvalue weighted by Gasteiger charge is -2.15. The summed E-state index contributed by atoms with van der Waals surface area (Å²) in [6.45, 7) is 7.01. The molecule has 0 bridgehead atoms.